The molecule has 1 atom stereocenters. The molecule has 0 aliphatic rings. The molecular formula is C10H15N5. The number of fused-ring (bicyclic) bond motifs is 1. The fourth-order valence-corrected chi connectivity index (χ4v) is 1.55. The van der Waals surface area contributed by atoms with Crippen LogP contribution < -0.4 is 5.73 Å². The van der Waals surface area contributed by atoms with Gasteiger partial charge in [-0.05, 0) is 6.42 Å². The Labute approximate surface area is 88.3 Å². The highest BCUT2D eigenvalue weighted by atomic mass is 15.3. The maximum Gasteiger partial charge on any atom is 0.163 e. The lowest BCUT2D eigenvalue weighted by molar-refractivity contribution is 0.433. The number of rotatable bonds is 3. The second kappa shape index (κ2) is 3.58. The Kier molecular flexibility index (Phi) is 2.40. The Morgan fingerprint density at radius 3 is 2.93 bits per heavy atom. The Hall–Kier alpha value is -1.49. The van der Waals surface area contributed by atoms with E-state index in [0.29, 0.717) is 6.54 Å². The summed E-state index contributed by atoms with van der Waals surface area (Å²) in [5.74, 6) is 0.885. The Bertz CT molecular complexity index is 458. The largest absolute Gasteiger partial charge is 0.329 e. The van der Waals surface area contributed by atoms with Gasteiger partial charge in [-0.15, -0.1) is 10.2 Å². The highest BCUT2D eigenvalue weighted by Crippen LogP contribution is 2.24. The number of nitrogens with zero attached hydrogens (tertiary/aromatic N) is 4. The Morgan fingerprint density at radius 2 is 2.27 bits per heavy atom. The van der Waals surface area contributed by atoms with Crippen LogP contribution in [0, 0.1) is 0 Å². The minimum atomic E-state index is -0.136. The molecule has 0 saturated heterocycles. The molecule has 0 aliphatic heterocycles. The van der Waals surface area contributed by atoms with Crippen molar-refractivity contribution in [3.05, 3.63) is 24.4 Å². The predicted octanol–water partition coefficient (Wildman–Crippen LogP) is 0.751. The zero-order chi connectivity index (χ0) is 10.9. The molecular weight excluding hydrogens is 190 g/mol. The van der Waals surface area contributed by atoms with Gasteiger partial charge in [0.05, 0.1) is 0 Å². The zero-order valence-corrected chi connectivity index (χ0v) is 9.01. The lowest BCUT2D eigenvalue weighted by Gasteiger charge is -2.23. The Morgan fingerprint density at radius 1 is 1.47 bits per heavy atom. The molecule has 2 N–H and O–H groups in total. The van der Waals surface area contributed by atoms with Gasteiger partial charge in [0, 0.05) is 24.2 Å². The normalized spacial score (nSPS) is 15.4. The summed E-state index contributed by atoms with van der Waals surface area (Å²) >= 11 is 0. The standard InChI is InChI=1S/C10H15N5/c1-3-10(2,6-11)9-14-13-8-4-5-12-7-15(8)9/h4-5,7H,3,6,11H2,1-2H3. The van der Waals surface area contributed by atoms with E-state index < -0.39 is 0 Å². The molecule has 15 heavy (non-hydrogen) atoms. The van der Waals surface area contributed by atoms with Gasteiger partial charge in [0.1, 0.15) is 12.2 Å². The molecule has 2 heterocycles. The van der Waals surface area contributed by atoms with E-state index in [1.54, 1.807) is 12.5 Å². The van der Waals surface area contributed by atoms with E-state index in [9.17, 15) is 0 Å². The van der Waals surface area contributed by atoms with E-state index in [1.807, 2.05) is 10.5 Å². The van der Waals surface area contributed by atoms with E-state index in [2.05, 4.69) is 29.0 Å². The maximum atomic E-state index is 5.80. The summed E-state index contributed by atoms with van der Waals surface area (Å²) < 4.78 is 1.90. The third-order valence-corrected chi connectivity index (χ3v) is 2.98. The van der Waals surface area contributed by atoms with E-state index in [-0.39, 0.29) is 5.41 Å². The van der Waals surface area contributed by atoms with Crippen molar-refractivity contribution in [3.8, 4) is 0 Å². The van der Waals surface area contributed by atoms with Gasteiger partial charge in [0.25, 0.3) is 0 Å². The summed E-state index contributed by atoms with van der Waals surface area (Å²) in [6.45, 7) is 4.75. The zero-order valence-electron chi connectivity index (χ0n) is 9.01. The maximum absolute atomic E-state index is 5.80. The second-order valence-electron chi connectivity index (χ2n) is 3.95. The molecule has 5 heteroatoms. The van der Waals surface area contributed by atoms with Gasteiger partial charge in [-0.3, -0.25) is 4.40 Å². The number of hydrogen-bond donors (Lipinski definition) is 1. The molecule has 0 radical (unpaired) electrons. The first-order valence-corrected chi connectivity index (χ1v) is 5.06. The molecule has 0 amide bonds. The molecule has 0 aliphatic carbocycles. The average Bonchev–Trinajstić information content (AvgIpc) is 2.72. The van der Waals surface area contributed by atoms with Crippen LogP contribution in [0.5, 0.6) is 0 Å². The molecule has 5 nitrogen and oxygen atoms in total. The van der Waals surface area contributed by atoms with Crippen LogP contribution in [0.15, 0.2) is 18.6 Å². The van der Waals surface area contributed by atoms with Crippen molar-refractivity contribution in [1.29, 1.82) is 0 Å². The molecule has 80 valence electrons. The average molecular weight is 205 g/mol. The van der Waals surface area contributed by atoms with Gasteiger partial charge in [-0.25, -0.2) is 4.98 Å². The summed E-state index contributed by atoms with van der Waals surface area (Å²) in [5, 5.41) is 8.30. The molecule has 2 rings (SSSR count). The first-order chi connectivity index (χ1) is 7.21. The first-order valence-electron chi connectivity index (χ1n) is 5.06. The van der Waals surface area contributed by atoms with Gasteiger partial charge in [-0.1, -0.05) is 13.8 Å². The van der Waals surface area contributed by atoms with Crippen molar-refractivity contribution in [2.24, 2.45) is 5.73 Å². The molecule has 0 spiro atoms. The van der Waals surface area contributed by atoms with E-state index >= 15 is 0 Å². The quantitative estimate of drug-likeness (QED) is 0.802. The highest BCUT2D eigenvalue weighted by molar-refractivity contribution is 5.36. The van der Waals surface area contributed by atoms with Crippen molar-refractivity contribution in [1.82, 2.24) is 19.6 Å². The van der Waals surface area contributed by atoms with Crippen LogP contribution in [0.4, 0.5) is 0 Å². The molecule has 0 fully saturated rings. The minimum absolute atomic E-state index is 0.136. The molecule has 1 unspecified atom stereocenters. The van der Waals surface area contributed by atoms with Gasteiger partial charge in [-0.2, -0.15) is 0 Å². The third-order valence-electron chi connectivity index (χ3n) is 2.98. The molecule has 0 bridgehead atoms. The number of nitrogens with two attached hydrogens (primary N) is 1. The minimum Gasteiger partial charge on any atom is -0.329 e. The van der Waals surface area contributed by atoms with E-state index in [0.717, 1.165) is 17.9 Å². The second-order valence-corrected chi connectivity index (χ2v) is 3.95. The fraction of sp³-hybridized carbons (Fsp3) is 0.500. The molecule has 2 aromatic heterocycles. The highest BCUT2D eigenvalue weighted by Gasteiger charge is 2.28. The van der Waals surface area contributed by atoms with Crippen molar-refractivity contribution >= 4 is 5.65 Å². The van der Waals surface area contributed by atoms with Crippen LogP contribution in [-0.4, -0.2) is 26.1 Å². The summed E-state index contributed by atoms with van der Waals surface area (Å²) in [4.78, 5) is 4.07. The summed E-state index contributed by atoms with van der Waals surface area (Å²) in [6, 6.07) is 1.84. The predicted molar refractivity (Wildman–Crippen MR) is 57.5 cm³/mol. The van der Waals surface area contributed by atoms with Crippen molar-refractivity contribution in [2.45, 2.75) is 25.7 Å². The number of aromatic nitrogens is 4. The van der Waals surface area contributed by atoms with Gasteiger partial charge >= 0.3 is 0 Å². The van der Waals surface area contributed by atoms with Crippen LogP contribution in [0.1, 0.15) is 26.1 Å². The third kappa shape index (κ3) is 1.48. The van der Waals surface area contributed by atoms with Gasteiger partial charge < -0.3 is 5.73 Å². The van der Waals surface area contributed by atoms with Crippen LogP contribution in [-0.2, 0) is 5.41 Å². The van der Waals surface area contributed by atoms with Crippen molar-refractivity contribution in [2.75, 3.05) is 6.54 Å². The van der Waals surface area contributed by atoms with Crippen LogP contribution in [0.3, 0.4) is 0 Å². The van der Waals surface area contributed by atoms with Crippen LogP contribution >= 0.6 is 0 Å². The van der Waals surface area contributed by atoms with Crippen molar-refractivity contribution in [3.63, 3.8) is 0 Å². The monoisotopic (exact) mass is 205 g/mol. The summed E-state index contributed by atoms with van der Waals surface area (Å²) in [5.41, 5.74) is 6.47. The smallest absolute Gasteiger partial charge is 0.163 e. The Balaban J connectivity index is 2.61. The summed E-state index contributed by atoms with van der Waals surface area (Å²) in [6.07, 6.45) is 4.37. The SMILES string of the molecule is CCC(C)(CN)c1nnc2ccncn12. The van der Waals surface area contributed by atoms with E-state index in [4.69, 9.17) is 5.73 Å². The lowest BCUT2D eigenvalue weighted by Crippen LogP contribution is -2.33. The number of hydrogen-bond acceptors (Lipinski definition) is 4. The van der Waals surface area contributed by atoms with E-state index in [1.165, 1.54) is 0 Å². The van der Waals surface area contributed by atoms with Crippen molar-refractivity contribution < 1.29 is 0 Å². The van der Waals surface area contributed by atoms with Crippen LogP contribution in [0.25, 0.3) is 5.65 Å². The molecule has 2 aromatic rings. The fourth-order valence-electron chi connectivity index (χ4n) is 1.55. The van der Waals surface area contributed by atoms with Gasteiger partial charge in [0.15, 0.2) is 5.65 Å². The van der Waals surface area contributed by atoms with Crippen LogP contribution in [0.2, 0.25) is 0 Å². The molecule has 0 aromatic carbocycles. The summed E-state index contributed by atoms with van der Waals surface area (Å²) in [7, 11) is 0. The van der Waals surface area contributed by atoms with Gasteiger partial charge in [0.2, 0.25) is 0 Å². The molecule has 0 saturated carbocycles. The lowest BCUT2D eigenvalue weighted by atomic mass is 9.87. The topological polar surface area (TPSA) is 69.1 Å². The first kappa shape index (κ1) is 10.0.